The van der Waals surface area contributed by atoms with Gasteiger partial charge in [-0.3, -0.25) is 10.1 Å². The summed E-state index contributed by atoms with van der Waals surface area (Å²) in [5.74, 6) is -5.94. The number of halogens is 2. The predicted molar refractivity (Wildman–Crippen MR) is 153 cm³/mol. The first-order valence-corrected chi connectivity index (χ1v) is 13.8. The molecule has 3 atom stereocenters. The minimum atomic E-state index is -4.39. The molecule has 0 aliphatic rings. The summed E-state index contributed by atoms with van der Waals surface area (Å²) >= 11 is 0. The maximum Gasteiger partial charge on any atom is 0.408 e. The molecule has 2 amide bonds. The summed E-state index contributed by atoms with van der Waals surface area (Å²) in [5, 5.41) is 25.7. The Hall–Kier alpha value is -4.37. The van der Waals surface area contributed by atoms with E-state index in [0.29, 0.717) is 17.5 Å². The number of ether oxygens (including phenoxy) is 3. The fourth-order valence-corrected chi connectivity index (χ4v) is 3.86. The number of rotatable bonds is 15. The van der Waals surface area contributed by atoms with Crippen LogP contribution in [0.2, 0.25) is 0 Å². The molecule has 13 nitrogen and oxygen atoms in total. The molecule has 0 fully saturated rings. The molecule has 15 heteroatoms. The van der Waals surface area contributed by atoms with Crippen molar-refractivity contribution < 1.29 is 47.4 Å². The van der Waals surface area contributed by atoms with Crippen LogP contribution in [-0.4, -0.2) is 64.4 Å². The number of nitrogens with two attached hydrogens (primary N) is 1. The van der Waals surface area contributed by atoms with E-state index in [-0.39, 0.29) is 31.7 Å². The van der Waals surface area contributed by atoms with Gasteiger partial charge in [-0.1, -0.05) is 36.8 Å². The number of non-ortho nitro benzene ring substituents is 1. The molecule has 0 aromatic heterocycles. The Morgan fingerprint density at radius 1 is 0.932 bits per heavy atom. The minimum Gasteiger partial charge on any atom is -0.459 e. The Balaban J connectivity index is 2.24. The number of nitrogens with one attached hydrogen (secondary N) is 2. The molecule has 0 saturated carbocycles. The van der Waals surface area contributed by atoms with Crippen LogP contribution < -0.4 is 16.4 Å². The molecule has 44 heavy (non-hydrogen) atoms. The van der Waals surface area contributed by atoms with Crippen LogP contribution in [0.4, 0.5) is 24.1 Å². The Labute approximate surface area is 253 Å². The van der Waals surface area contributed by atoms with Gasteiger partial charge in [0.15, 0.2) is 6.04 Å². The van der Waals surface area contributed by atoms with E-state index in [0.717, 1.165) is 0 Å². The molecule has 3 unspecified atom stereocenters. The molecule has 0 radical (unpaired) electrons. The number of hydrogen-bond acceptors (Lipinski definition) is 10. The van der Waals surface area contributed by atoms with Gasteiger partial charge < -0.3 is 35.7 Å². The molecular weight excluding hydrogens is 586 g/mol. The molecule has 2 rings (SSSR count). The highest BCUT2D eigenvalue weighted by molar-refractivity contribution is 5.82. The minimum absolute atomic E-state index is 0.180. The lowest BCUT2D eigenvalue weighted by Crippen LogP contribution is -2.63. The van der Waals surface area contributed by atoms with Crippen molar-refractivity contribution in [3.63, 3.8) is 0 Å². The summed E-state index contributed by atoms with van der Waals surface area (Å²) in [5.41, 5.74) is 5.08. The first-order valence-electron chi connectivity index (χ1n) is 13.8. The topological polar surface area (TPSA) is 192 Å². The lowest BCUT2D eigenvalue weighted by molar-refractivity contribution is -0.384. The number of nitrogens with zero attached hydrogens (tertiary/aromatic N) is 1. The van der Waals surface area contributed by atoms with Crippen molar-refractivity contribution in [2.75, 3.05) is 6.54 Å². The van der Waals surface area contributed by atoms with Gasteiger partial charge in [0.2, 0.25) is 0 Å². The summed E-state index contributed by atoms with van der Waals surface area (Å²) in [6, 6.07) is 8.92. The molecule has 2 aromatic rings. The highest BCUT2D eigenvalue weighted by Gasteiger charge is 2.55. The summed E-state index contributed by atoms with van der Waals surface area (Å²) in [6.45, 7) is 3.91. The van der Waals surface area contributed by atoms with E-state index in [9.17, 15) is 29.6 Å². The number of amides is 2. The quantitative estimate of drug-likeness (QED) is 0.0741. The van der Waals surface area contributed by atoms with Crippen molar-refractivity contribution in [2.24, 2.45) is 5.73 Å². The number of nitro benzene ring substituents is 1. The number of unbranched alkanes of at least 4 members (excludes halogenated alkanes) is 1. The number of aliphatic hydroxyl groups excluding tert-OH is 1. The largest absolute Gasteiger partial charge is 0.459 e. The third-order valence-electron chi connectivity index (χ3n) is 6.07. The van der Waals surface area contributed by atoms with Crippen LogP contribution in [0.15, 0.2) is 54.6 Å². The monoisotopic (exact) mass is 624 g/mol. The Kier molecular flexibility index (Phi) is 13.4. The van der Waals surface area contributed by atoms with Crippen molar-refractivity contribution in [3.05, 3.63) is 75.8 Å². The second kappa shape index (κ2) is 16.5. The van der Waals surface area contributed by atoms with Crippen LogP contribution in [-0.2, 0) is 32.2 Å². The Bertz CT molecular complexity index is 1240. The molecule has 0 spiro atoms. The summed E-state index contributed by atoms with van der Waals surface area (Å²) in [4.78, 5) is 48.2. The standard InChI is InChI=1S/C29H38F2N4O9/c1-28(2,3)44-27(39)34-23(25(37)42-17-19-9-5-4-6-10-19)29(30,31)24(36)22(11-7-8-16-32)33-26(38)43-18-20-12-14-21(15-13-20)35(40)41/h4-6,9-10,12-15,22-24,36H,7-8,11,16-18,32H2,1-3H3,(H,33,38)(H,34,39). The van der Waals surface area contributed by atoms with Crippen molar-refractivity contribution >= 4 is 23.8 Å². The van der Waals surface area contributed by atoms with Crippen LogP contribution in [0.5, 0.6) is 0 Å². The average molecular weight is 625 g/mol. The number of nitro groups is 1. The van der Waals surface area contributed by atoms with E-state index in [1.54, 1.807) is 30.3 Å². The lowest BCUT2D eigenvalue weighted by Gasteiger charge is -2.34. The van der Waals surface area contributed by atoms with Crippen molar-refractivity contribution in [1.82, 2.24) is 10.6 Å². The average Bonchev–Trinajstić information content (AvgIpc) is 2.96. The van der Waals surface area contributed by atoms with E-state index in [4.69, 9.17) is 19.9 Å². The maximum atomic E-state index is 15.9. The number of carbonyl (C=O) groups excluding carboxylic acids is 3. The van der Waals surface area contributed by atoms with E-state index in [2.05, 4.69) is 5.32 Å². The fourth-order valence-electron chi connectivity index (χ4n) is 3.86. The third kappa shape index (κ3) is 11.7. The van der Waals surface area contributed by atoms with Crippen LogP contribution in [0.3, 0.4) is 0 Å². The molecule has 0 heterocycles. The van der Waals surface area contributed by atoms with Crippen LogP contribution in [0, 0.1) is 10.1 Å². The van der Waals surface area contributed by atoms with Crippen LogP contribution >= 0.6 is 0 Å². The van der Waals surface area contributed by atoms with Crippen molar-refractivity contribution in [2.45, 2.75) is 83.0 Å². The molecule has 2 aromatic carbocycles. The number of alkyl halides is 2. The van der Waals surface area contributed by atoms with E-state index in [1.807, 2.05) is 5.32 Å². The van der Waals surface area contributed by atoms with Gasteiger partial charge in [0.1, 0.15) is 24.9 Å². The highest BCUT2D eigenvalue weighted by Crippen LogP contribution is 2.29. The Morgan fingerprint density at radius 2 is 1.52 bits per heavy atom. The molecule has 0 aliphatic carbocycles. The molecular formula is C29H38F2N4O9. The molecule has 0 bridgehead atoms. The first-order chi connectivity index (χ1) is 20.6. The first kappa shape index (κ1) is 35.8. The zero-order chi connectivity index (χ0) is 32.9. The van der Waals surface area contributed by atoms with Crippen LogP contribution in [0.1, 0.15) is 51.2 Å². The van der Waals surface area contributed by atoms with Gasteiger partial charge >= 0.3 is 24.1 Å². The zero-order valence-electron chi connectivity index (χ0n) is 24.7. The molecule has 5 N–H and O–H groups in total. The van der Waals surface area contributed by atoms with Crippen molar-refractivity contribution in [3.8, 4) is 0 Å². The maximum absolute atomic E-state index is 15.9. The smallest absolute Gasteiger partial charge is 0.408 e. The van der Waals surface area contributed by atoms with Crippen LogP contribution in [0.25, 0.3) is 0 Å². The number of aliphatic hydroxyl groups is 1. The summed E-state index contributed by atoms with van der Waals surface area (Å²) in [7, 11) is 0. The second-order valence-corrected chi connectivity index (χ2v) is 10.8. The highest BCUT2D eigenvalue weighted by atomic mass is 19.3. The fraction of sp³-hybridized carbons (Fsp3) is 0.483. The van der Waals surface area contributed by atoms with E-state index < -0.39 is 59.4 Å². The van der Waals surface area contributed by atoms with Gasteiger partial charge in [-0.15, -0.1) is 0 Å². The molecule has 242 valence electrons. The van der Waals surface area contributed by atoms with Crippen molar-refractivity contribution in [1.29, 1.82) is 0 Å². The second-order valence-electron chi connectivity index (χ2n) is 10.8. The van der Waals surface area contributed by atoms with Gasteiger partial charge in [-0.25, -0.2) is 23.2 Å². The number of esters is 1. The number of hydrogen-bond donors (Lipinski definition) is 4. The van der Waals surface area contributed by atoms with E-state index >= 15 is 8.78 Å². The zero-order valence-corrected chi connectivity index (χ0v) is 24.7. The van der Waals surface area contributed by atoms with Gasteiger partial charge in [-0.05, 0) is 63.4 Å². The predicted octanol–water partition coefficient (Wildman–Crippen LogP) is 3.95. The van der Waals surface area contributed by atoms with Gasteiger partial charge in [0.25, 0.3) is 5.69 Å². The van der Waals surface area contributed by atoms with Gasteiger partial charge in [0, 0.05) is 12.1 Å². The van der Waals surface area contributed by atoms with Gasteiger partial charge in [0.05, 0.1) is 11.0 Å². The summed E-state index contributed by atoms with van der Waals surface area (Å²) < 4.78 is 47.0. The number of benzene rings is 2. The normalized spacial score (nSPS) is 13.6. The molecule has 0 saturated heterocycles. The number of alkyl carbamates (subject to hydrolysis) is 2. The number of carbonyl (C=O) groups is 3. The Morgan fingerprint density at radius 3 is 2.09 bits per heavy atom. The SMILES string of the molecule is CC(C)(C)OC(=O)NC(C(=O)OCc1ccccc1)C(F)(F)C(O)C(CCCCN)NC(=O)OCc1ccc([N+](=O)[O-])cc1. The molecule has 0 aliphatic heterocycles. The van der Waals surface area contributed by atoms with E-state index in [1.165, 1.54) is 45.0 Å². The van der Waals surface area contributed by atoms with Gasteiger partial charge in [-0.2, -0.15) is 0 Å². The third-order valence-corrected chi connectivity index (χ3v) is 6.07. The lowest BCUT2D eigenvalue weighted by atomic mass is 9.94. The summed E-state index contributed by atoms with van der Waals surface area (Å²) in [6.07, 6.45) is -4.87.